The van der Waals surface area contributed by atoms with Crippen molar-refractivity contribution in [3.63, 3.8) is 0 Å². The molecule has 1 aliphatic carbocycles. The summed E-state index contributed by atoms with van der Waals surface area (Å²) < 4.78 is 0. The van der Waals surface area contributed by atoms with Crippen LogP contribution in [0.3, 0.4) is 0 Å². The van der Waals surface area contributed by atoms with Crippen LogP contribution in [0.2, 0.25) is 0 Å². The van der Waals surface area contributed by atoms with E-state index in [1.165, 1.54) is 0 Å². The van der Waals surface area contributed by atoms with Crippen molar-refractivity contribution in [3.8, 4) is 0 Å². The maximum absolute atomic E-state index is 11.7. The predicted molar refractivity (Wildman–Crippen MR) is 43.3 cm³/mol. The third kappa shape index (κ3) is 0.853. The Morgan fingerprint density at radius 2 is 2.36 bits per heavy atom. The molecule has 2 rings (SSSR count). The van der Waals surface area contributed by atoms with Crippen LogP contribution in [0.25, 0.3) is 0 Å². The minimum atomic E-state index is 0.0914. The lowest BCUT2D eigenvalue weighted by atomic mass is 9.92. The van der Waals surface area contributed by atoms with Crippen LogP contribution in [0.5, 0.6) is 0 Å². The molecular weight excluding hydrogens is 138 g/mol. The van der Waals surface area contributed by atoms with Gasteiger partial charge in [0, 0.05) is 17.9 Å². The van der Waals surface area contributed by atoms with Crippen LogP contribution in [0.15, 0.2) is 0 Å². The molecule has 2 atom stereocenters. The molecule has 1 N–H and O–H groups in total. The number of hydrogen-bond donors (Lipinski definition) is 1. The van der Waals surface area contributed by atoms with E-state index in [9.17, 15) is 4.79 Å². The Morgan fingerprint density at radius 3 is 2.73 bits per heavy atom. The van der Waals surface area contributed by atoms with E-state index in [-0.39, 0.29) is 11.3 Å². The number of nitrogens with one attached hydrogen (secondary N) is 1. The molecule has 0 bridgehead atoms. The highest BCUT2D eigenvalue weighted by Gasteiger charge is 2.62. The fourth-order valence-corrected chi connectivity index (χ4v) is 2.30. The van der Waals surface area contributed by atoms with Gasteiger partial charge < -0.3 is 5.32 Å². The number of rotatable bonds is 2. The molecule has 2 heteroatoms. The fraction of sp³-hybridized carbons (Fsp3) is 0.889. The molecule has 1 saturated carbocycles. The second kappa shape index (κ2) is 2.07. The molecule has 1 heterocycles. The summed E-state index contributed by atoms with van der Waals surface area (Å²) in [6.07, 6.45) is 1.15. The van der Waals surface area contributed by atoms with Gasteiger partial charge in [0.25, 0.3) is 0 Å². The highest BCUT2D eigenvalue weighted by Crippen LogP contribution is 2.56. The molecule has 1 aliphatic heterocycles. The summed E-state index contributed by atoms with van der Waals surface area (Å²) in [7, 11) is 0. The second-order valence-corrected chi connectivity index (χ2v) is 4.21. The third-order valence-corrected chi connectivity index (χ3v) is 3.08. The molecule has 2 fully saturated rings. The predicted octanol–water partition coefficient (Wildman–Crippen LogP) is 0.821. The minimum absolute atomic E-state index is 0.0914. The minimum Gasteiger partial charge on any atom is -0.315 e. The zero-order valence-corrected chi connectivity index (χ0v) is 7.18. The van der Waals surface area contributed by atoms with Gasteiger partial charge >= 0.3 is 0 Å². The summed E-state index contributed by atoms with van der Waals surface area (Å²) >= 11 is 0. The molecular formula is C9H15NO. The van der Waals surface area contributed by atoms with Crippen molar-refractivity contribution in [2.45, 2.75) is 20.3 Å². The first-order valence-electron chi connectivity index (χ1n) is 4.42. The maximum Gasteiger partial charge on any atom is 0.143 e. The van der Waals surface area contributed by atoms with Crippen LogP contribution in [-0.4, -0.2) is 18.9 Å². The summed E-state index contributed by atoms with van der Waals surface area (Å²) in [5.41, 5.74) is 0.0914. The molecule has 2 unspecified atom stereocenters. The SMILES string of the molecule is CC(C)C(=O)C12CNCC1C2. The molecule has 2 nitrogen and oxygen atoms in total. The lowest BCUT2D eigenvalue weighted by Gasteiger charge is -2.12. The van der Waals surface area contributed by atoms with Crippen LogP contribution in [0.4, 0.5) is 0 Å². The molecule has 2 aliphatic rings. The first kappa shape index (κ1) is 7.29. The van der Waals surface area contributed by atoms with Gasteiger partial charge in [0.15, 0.2) is 0 Å². The number of fused-ring (bicyclic) bond motifs is 1. The van der Waals surface area contributed by atoms with E-state index in [0.717, 1.165) is 19.5 Å². The van der Waals surface area contributed by atoms with Crippen molar-refractivity contribution in [3.05, 3.63) is 0 Å². The number of ketones is 1. The summed E-state index contributed by atoms with van der Waals surface area (Å²) in [5.74, 6) is 1.38. The summed E-state index contributed by atoms with van der Waals surface area (Å²) in [5, 5.41) is 3.28. The zero-order valence-electron chi connectivity index (χ0n) is 7.18. The van der Waals surface area contributed by atoms with Gasteiger partial charge in [0.05, 0.1) is 0 Å². The number of carbonyl (C=O) groups excluding carboxylic acids is 1. The summed E-state index contributed by atoms with van der Waals surface area (Å²) in [6, 6.07) is 0. The van der Waals surface area contributed by atoms with Gasteiger partial charge in [-0.1, -0.05) is 13.8 Å². The Labute approximate surface area is 67.4 Å². The molecule has 0 amide bonds. The average Bonchev–Trinajstić information content (AvgIpc) is 2.54. The topological polar surface area (TPSA) is 29.1 Å². The Balaban J connectivity index is 2.11. The van der Waals surface area contributed by atoms with Crippen LogP contribution in [0, 0.1) is 17.3 Å². The molecule has 0 aromatic rings. The molecule has 0 aromatic heterocycles. The van der Waals surface area contributed by atoms with Gasteiger partial charge in [0.1, 0.15) is 5.78 Å². The first-order valence-corrected chi connectivity index (χ1v) is 4.42. The second-order valence-electron chi connectivity index (χ2n) is 4.21. The quantitative estimate of drug-likeness (QED) is 0.636. The Hall–Kier alpha value is -0.370. The van der Waals surface area contributed by atoms with E-state index in [2.05, 4.69) is 5.32 Å². The Kier molecular flexibility index (Phi) is 1.37. The first-order chi connectivity index (χ1) is 5.17. The van der Waals surface area contributed by atoms with E-state index >= 15 is 0 Å². The van der Waals surface area contributed by atoms with Crippen LogP contribution < -0.4 is 5.32 Å². The van der Waals surface area contributed by atoms with Crippen molar-refractivity contribution in [2.24, 2.45) is 17.3 Å². The normalized spacial score (nSPS) is 40.8. The molecule has 0 aromatic carbocycles. The average molecular weight is 153 g/mol. The highest BCUT2D eigenvalue weighted by molar-refractivity contribution is 5.90. The van der Waals surface area contributed by atoms with Gasteiger partial charge in [0.2, 0.25) is 0 Å². The highest BCUT2D eigenvalue weighted by atomic mass is 16.1. The molecule has 0 radical (unpaired) electrons. The summed E-state index contributed by atoms with van der Waals surface area (Å²) in [6.45, 7) is 6.02. The van der Waals surface area contributed by atoms with E-state index in [1.807, 2.05) is 13.8 Å². The molecule has 62 valence electrons. The van der Waals surface area contributed by atoms with E-state index in [4.69, 9.17) is 0 Å². The Bertz CT molecular complexity index is 200. The van der Waals surface area contributed by atoms with Crippen molar-refractivity contribution in [1.29, 1.82) is 0 Å². The van der Waals surface area contributed by atoms with Gasteiger partial charge in [-0.15, -0.1) is 0 Å². The smallest absolute Gasteiger partial charge is 0.143 e. The largest absolute Gasteiger partial charge is 0.315 e. The van der Waals surface area contributed by atoms with Crippen molar-refractivity contribution in [1.82, 2.24) is 5.32 Å². The third-order valence-electron chi connectivity index (χ3n) is 3.08. The lowest BCUT2D eigenvalue weighted by molar-refractivity contribution is -0.126. The van der Waals surface area contributed by atoms with Crippen LogP contribution in [0.1, 0.15) is 20.3 Å². The lowest BCUT2D eigenvalue weighted by Crippen LogP contribution is -2.27. The zero-order chi connectivity index (χ0) is 8.06. The number of hydrogen-bond acceptors (Lipinski definition) is 2. The van der Waals surface area contributed by atoms with Gasteiger partial charge in [-0.2, -0.15) is 0 Å². The van der Waals surface area contributed by atoms with Crippen molar-refractivity contribution >= 4 is 5.78 Å². The van der Waals surface area contributed by atoms with Crippen LogP contribution >= 0.6 is 0 Å². The van der Waals surface area contributed by atoms with E-state index in [1.54, 1.807) is 0 Å². The Morgan fingerprint density at radius 1 is 1.64 bits per heavy atom. The fourth-order valence-electron chi connectivity index (χ4n) is 2.30. The molecule has 1 saturated heterocycles. The van der Waals surface area contributed by atoms with Gasteiger partial charge in [-0.3, -0.25) is 4.79 Å². The standard InChI is InChI=1S/C9H15NO/c1-6(2)8(11)9-3-7(9)4-10-5-9/h6-7,10H,3-5H2,1-2H3. The van der Waals surface area contributed by atoms with Gasteiger partial charge in [-0.05, 0) is 18.9 Å². The maximum atomic E-state index is 11.7. The van der Waals surface area contributed by atoms with Crippen molar-refractivity contribution in [2.75, 3.05) is 13.1 Å². The number of carbonyl (C=O) groups is 1. The number of Topliss-reactive ketones (excluding diaryl/α,β-unsaturated/α-hetero) is 1. The molecule has 0 spiro atoms. The molecule has 11 heavy (non-hydrogen) atoms. The van der Waals surface area contributed by atoms with E-state index < -0.39 is 0 Å². The van der Waals surface area contributed by atoms with Crippen molar-refractivity contribution < 1.29 is 4.79 Å². The van der Waals surface area contributed by atoms with Gasteiger partial charge in [-0.25, -0.2) is 0 Å². The summed E-state index contributed by atoms with van der Waals surface area (Å²) in [4.78, 5) is 11.7. The van der Waals surface area contributed by atoms with E-state index in [0.29, 0.717) is 11.7 Å². The monoisotopic (exact) mass is 153 g/mol. The van der Waals surface area contributed by atoms with Crippen LogP contribution in [-0.2, 0) is 4.79 Å². The number of piperidine rings is 1.